The second-order valence-electron chi connectivity index (χ2n) is 7.76. The first kappa shape index (κ1) is 20.3. The molecule has 0 bridgehead atoms. The Morgan fingerprint density at radius 1 is 1.04 bits per heavy atom. The molecule has 5 heteroatoms. The van der Waals surface area contributed by atoms with E-state index in [0.29, 0.717) is 4.90 Å². The van der Waals surface area contributed by atoms with Gasteiger partial charge in [0.15, 0.2) is 0 Å². The van der Waals surface area contributed by atoms with Crippen molar-refractivity contribution in [1.82, 2.24) is 10.0 Å². The van der Waals surface area contributed by atoms with Crippen LogP contribution in [0.15, 0.2) is 53.0 Å². The zero-order valence-electron chi connectivity index (χ0n) is 16.3. The predicted molar refractivity (Wildman–Crippen MR) is 111 cm³/mol. The Kier molecular flexibility index (Phi) is 7.27. The van der Waals surface area contributed by atoms with Gasteiger partial charge in [0, 0.05) is 12.1 Å². The summed E-state index contributed by atoms with van der Waals surface area (Å²) in [6, 6.07) is 7.27. The Balaban J connectivity index is 1.52. The van der Waals surface area contributed by atoms with Gasteiger partial charge in [-0.3, -0.25) is 0 Å². The molecular weight excluding hydrogens is 356 g/mol. The molecule has 2 atom stereocenters. The third-order valence-electron chi connectivity index (χ3n) is 5.57. The molecule has 2 N–H and O–H groups in total. The van der Waals surface area contributed by atoms with Crippen LogP contribution in [0.2, 0.25) is 0 Å². The van der Waals surface area contributed by atoms with Crippen LogP contribution in [0, 0.1) is 6.92 Å². The van der Waals surface area contributed by atoms with Crippen molar-refractivity contribution in [3.05, 3.63) is 53.6 Å². The Labute approximate surface area is 164 Å². The molecule has 0 saturated heterocycles. The molecule has 2 aliphatic carbocycles. The lowest BCUT2D eigenvalue weighted by molar-refractivity contribution is 0.309. The Hall–Kier alpha value is -1.43. The molecule has 4 nitrogen and oxygen atoms in total. The Bertz CT molecular complexity index is 766. The van der Waals surface area contributed by atoms with Gasteiger partial charge in [0.1, 0.15) is 0 Å². The zero-order chi connectivity index (χ0) is 19.1. The van der Waals surface area contributed by atoms with Crippen LogP contribution in [0.25, 0.3) is 0 Å². The molecule has 148 valence electrons. The number of nitrogens with one attached hydrogen (secondary N) is 2. The van der Waals surface area contributed by atoms with Gasteiger partial charge in [-0.25, -0.2) is 13.1 Å². The number of aryl methyl sites for hydroxylation is 1. The van der Waals surface area contributed by atoms with Crippen molar-refractivity contribution in [3.8, 4) is 0 Å². The number of hydrogen-bond donors (Lipinski definition) is 2. The molecule has 0 spiro atoms. The minimum atomic E-state index is -3.46. The molecule has 1 fully saturated rings. The van der Waals surface area contributed by atoms with E-state index in [1.165, 1.54) is 5.57 Å². The quantitative estimate of drug-likeness (QED) is 0.517. The van der Waals surface area contributed by atoms with Gasteiger partial charge in [-0.05, 0) is 64.1 Å². The minimum absolute atomic E-state index is 0.0260. The summed E-state index contributed by atoms with van der Waals surface area (Å²) in [4.78, 5) is 0.356. The van der Waals surface area contributed by atoms with Crippen molar-refractivity contribution >= 4 is 10.0 Å². The first-order valence-corrected chi connectivity index (χ1v) is 11.7. The first-order valence-electron chi connectivity index (χ1n) is 10.2. The summed E-state index contributed by atoms with van der Waals surface area (Å²) in [5, 5.41) is 3.62. The fourth-order valence-corrected chi connectivity index (χ4v) is 5.27. The van der Waals surface area contributed by atoms with Crippen LogP contribution in [0.4, 0.5) is 0 Å². The van der Waals surface area contributed by atoms with E-state index in [9.17, 15) is 8.42 Å². The summed E-state index contributed by atoms with van der Waals surface area (Å²) in [5.41, 5.74) is 2.59. The van der Waals surface area contributed by atoms with Gasteiger partial charge < -0.3 is 5.32 Å². The number of rotatable bonds is 8. The lowest BCUT2D eigenvalue weighted by Gasteiger charge is -2.33. The van der Waals surface area contributed by atoms with Crippen molar-refractivity contribution in [2.45, 2.75) is 75.3 Å². The standard InChI is InChI=1S/C22H32N2O2S/c1-18-13-15-20(16-14-18)27(25,26)24-22-12-6-5-11-21(22)23-17-7-10-19-8-3-2-4-9-19/h2-3,9,13-16,21-24H,4-8,10-12,17H2,1H3/t21-,22-/m1/s1. The zero-order valence-corrected chi connectivity index (χ0v) is 17.1. The summed E-state index contributed by atoms with van der Waals surface area (Å²) in [6.45, 7) is 2.90. The van der Waals surface area contributed by atoms with Crippen LogP contribution in [0.1, 0.15) is 56.9 Å². The van der Waals surface area contributed by atoms with Crippen LogP contribution < -0.4 is 10.0 Å². The Morgan fingerprint density at radius 3 is 2.48 bits per heavy atom. The van der Waals surface area contributed by atoms with Crippen molar-refractivity contribution in [1.29, 1.82) is 0 Å². The molecule has 1 aromatic rings. The summed E-state index contributed by atoms with van der Waals surface area (Å²) in [7, 11) is -3.46. The van der Waals surface area contributed by atoms with Gasteiger partial charge in [0.25, 0.3) is 0 Å². The second-order valence-corrected chi connectivity index (χ2v) is 9.48. The van der Waals surface area contributed by atoms with Crippen molar-refractivity contribution in [2.24, 2.45) is 0 Å². The van der Waals surface area contributed by atoms with Crippen molar-refractivity contribution in [2.75, 3.05) is 6.54 Å². The fraction of sp³-hybridized carbons (Fsp3) is 0.545. The van der Waals surface area contributed by atoms with Crippen LogP contribution in [0.5, 0.6) is 0 Å². The number of allylic oxidation sites excluding steroid dienone is 4. The van der Waals surface area contributed by atoms with E-state index in [1.807, 2.05) is 19.1 Å². The summed E-state index contributed by atoms with van der Waals surface area (Å²) >= 11 is 0. The molecule has 0 aliphatic heterocycles. The highest BCUT2D eigenvalue weighted by Gasteiger charge is 2.29. The van der Waals surface area contributed by atoms with Crippen molar-refractivity contribution < 1.29 is 8.42 Å². The third kappa shape index (κ3) is 6.03. The average molecular weight is 389 g/mol. The molecule has 2 aliphatic rings. The van der Waals surface area contributed by atoms with Crippen molar-refractivity contribution in [3.63, 3.8) is 0 Å². The highest BCUT2D eigenvalue weighted by atomic mass is 32.2. The largest absolute Gasteiger partial charge is 0.312 e. The van der Waals surface area contributed by atoms with Crippen LogP contribution >= 0.6 is 0 Å². The summed E-state index contributed by atoms with van der Waals surface area (Å²) < 4.78 is 28.4. The van der Waals surface area contributed by atoms with E-state index in [2.05, 4.69) is 28.3 Å². The minimum Gasteiger partial charge on any atom is -0.312 e. The second kappa shape index (κ2) is 9.67. The molecule has 0 heterocycles. The third-order valence-corrected chi connectivity index (χ3v) is 7.08. The molecule has 0 amide bonds. The smallest absolute Gasteiger partial charge is 0.240 e. The van der Waals surface area contributed by atoms with Crippen LogP contribution in [-0.4, -0.2) is 27.0 Å². The highest BCUT2D eigenvalue weighted by Crippen LogP contribution is 2.22. The number of benzene rings is 1. The van der Waals surface area contributed by atoms with E-state index < -0.39 is 10.0 Å². The van der Waals surface area contributed by atoms with Crippen LogP contribution in [0.3, 0.4) is 0 Å². The Morgan fingerprint density at radius 2 is 1.78 bits per heavy atom. The topological polar surface area (TPSA) is 58.2 Å². The van der Waals surface area contributed by atoms with E-state index in [1.54, 1.807) is 12.1 Å². The molecule has 27 heavy (non-hydrogen) atoms. The fourth-order valence-electron chi connectivity index (χ4n) is 3.96. The highest BCUT2D eigenvalue weighted by molar-refractivity contribution is 7.89. The summed E-state index contributed by atoms with van der Waals surface area (Å²) in [5.74, 6) is 0. The molecule has 1 aromatic carbocycles. The average Bonchev–Trinajstić information content (AvgIpc) is 2.67. The first-order chi connectivity index (χ1) is 13.0. The van der Waals surface area contributed by atoms with Gasteiger partial charge in [-0.2, -0.15) is 0 Å². The van der Waals surface area contributed by atoms with Crippen LogP contribution in [-0.2, 0) is 10.0 Å². The number of sulfonamides is 1. The van der Waals surface area contributed by atoms with Gasteiger partial charge in [0.2, 0.25) is 10.0 Å². The number of hydrogen-bond acceptors (Lipinski definition) is 3. The maximum atomic E-state index is 12.7. The normalized spacial score (nSPS) is 23.2. The lowest BCUT2D eigenvalue weighted by atomic mass is 9.91. The van der Waals surface area contributed by atoms with E-state index >= 15 is 0 Å². The SMILES string of the molecule is Cc1ccc(S(=O)(=O)N[C@@H]2CCCC[C@H]2NCCCC2=CCC=CC2)cc1. The molecule has 0 aromatic heterocycles. The van der Waals surface area contributed by atoms with Gasteiger partial charge in [0.05, 0.1) is 4.90 Å². The maximum Gasteiger partial charge on any atom is 0.240 e. The molecule has 0 radical (unpaired) electrons. The van der Waals surface area contributed by atoms with Gasteiger partial charge >= 0.3 is 0 Å². The molecule has 3 rings (SSSR count). The molecular formula is C22H32N2O2S. The van der Waals surface area contributed by atoms with Gasteiger partial charge in [-0.1, -0.05) is 54.3 Å². The lowest BCUT2D eigenvalue weighted by Crippen LogP contribution is -2.51. The molecule has 0 unspecified atom stereocenters. The van der Waals surface area contributed by atoms with E-state index in [4.69, 9.17) is 0 Å². The van der Waals surface area contributed by atoms with E-state index in [-0.39, 0.29) is 12.1 Å². The predicted octanol–water partition coefficient (Wildman–Crippen LogP) is 4.23. The summed E-state index contributed by atoms with van der Waals surface area (Å²) in [6.07, 6.45) is 15.4. The van der Waals surface area contributed by atoms with Gasteiger partial charge in [-0.15, -0.1) is 0 Å². The van der Waals surface area contributed by atoms with E-state index in [0.717, 1.165) is 63.5 Å². The monoisotopic (exact) mass is 388 g/mol. The molecule has 1 saturated carbocycles. The maximum absolute atomic E-state index is 12.7.